The van der Waals surface area contributed by atoms with Crippen molar-refractivity contribution in [3.8, 4) is 17.3 Å². The molecule has 170 valence electrons. The van der Waals surface area contributed by atoms with Crippen LogP contribution in [0.5, 0.6) is 11.5 Å². The topological polar surface area (TPSA) is 89.5 Å². The van der Waals surface area contributed by atoms with E-state index in [2.05, 4.69) is 10.3 Å². The number of carbonyl (C=O) groups excluding carboxylic acids is 1. The Kier molecular flexibility index (Phi) is 6.23. The van der Waals surface area contributed by atoms with Crippen molar-refractivity contribution in [2.45, 2.75) is 6.10 Å². The SMILES string of the molecule is COc1ccc(C(=O)NCC(O)c2cccc(-n3c[n+](C)c4c(F)cccc43)n2)cc1OC. The van der Waals surface area contributed by atoms with Crippen molar-refractivity contribution in [3.63, 3.8) is 0 Å². The Labute approximate surface area is 189 Å². The predicted molar refractivity (Wildman–Crippen MR) is 119 cm³/mol. The van der Waals surface area contributed by atoms with Crippen LogP contribution in [0.1, 0.15) is 22.2 Å². The number of pyridine rings is 1. The van der Waals surface area contributed by atoms with Gasteiger partial charge >= 0.3 is 0 Å². The fourth-order valence-electron chi connectivity index (χ4n) is 3.66. The lowest BCUT2D eigenvalue weighted by Crippen LogP contribution is -2.29. The number of ether oxygens (including phenoxy) is 2. The van der Waals surface area contributed by atoms with E-state index in [0.29, 0.717) is 39.6 Å². The smallest absolute Gasteiger partial charge is 0.251 e. The third kappa shape index (κ3) is 4.35. The minimum absolute atomic E-state index is 0.0432. The van der Waals surface area contributed by atoms with Crippen LogP contribution in [0.4, 0.5) is 4.39 Å². The minimum atomic E-state index is -1.04. The molecule has 0 saturated carbocycles. The molecule has 0 saturated heterocycles. The number of nitrogens with one attached hydrogen (secondary N) is 1. The maximum absolute atomic E-state index is 14.2. The van der Waals surface area contributed by atoms with E-state index in [1.54, 1.807) is 71.0 Å². The molecule has 0 aliphatic heterocycles. The first-order valence-electron chi connectivity index (χ1n) is 10.2. The average molecular weight is 451 g/mol. The van der Waals surface area contributed by atoms with E-state index in [0.717, 1.165) is 0 Å². The second kappa shape index (κ2) is 9.25. The Hall–Kier alpha value is -3.98. The molecule has 0 bridgehead atoms. The van der Waals surface area contributed by atoms with Gasteiger partial charge in [-0.2, -0.15) is 4.57 Å². The van der Waals surface area contributed by atoms with Crippen LogP contribution >= 0.6 is 0 Å². The van der Waals surface area contributed by atoms with Crippen LogP contribution in [0, 0.1) is 5.82 Å². The van der Waals surface area contributed by atoms with Gasteiger partial charge < -0.3 is 19.9 Å². The zero-order valence-electron chi connectivity index (χ0n) is 18.4. The summed E-state index contributed by atoms with van der Waals surface area (Å²) < 4.78 is 28.1. The van der Waals surface area contributed by atoms with Gasteiger partial charge in [0.05, 0.1) is 27.0 Å². The average Bonchev–Trinajstić information content (AvgIpc) is 3.19. The number of methoxy groups -OCH3 is 2. The summed E-state index contributed by atoms with van der Waals surface area (Å²) in [5.74, 6) is 0.770. The van der Waals surface area contributed by atoms with Crippen LogP contribution in [-0.2, 0) is 7.05 Å². The molecule has 8 nitrogen and oxygen atoms in total. The number of rotatable bonds is 7. The van der Waals surface area contributed by atoms with Crippen molar-refractivity contribution < 1.29 is 28.3 Å². The first kappa shape index (κ1) is 22.2. The second-order valence-electron chi connectivity index (χ2n) is 7.42. The van der Waals surface area contributed by atoms with Crippen molar-refractivity contribution in [2.24, 2.45) is 7.05 Å². The number of hydrogen-bond acceptors (Lipinski definition) is 5. The number of nitrogens with zero attached hydrogens (tertiary/aromatic N) is 3. The van der Waals surface area contributed by atoms with Crippen molar-refractivity contribution >= 4 is 16.9 Å². The number of aliphatic hydroxyl groups is 1. The molecule has 0 aliphatic carbocycles. The van der Waals surface area contributed by atoms with Crippen LogP contribution in [0.15, 0.2) is 60.9 Å². The summed E-state index contributed by atoms with van der Waals surface area (Å²) in [7, 11) is 4.76. The van der Waals surface area contributed by atoms with E-state index < -0.39 is 6.10 Å². The Bertz CT molecular complexity index is 1320. The molecule has 4 rings (SSSR count). The molecule has 2 aromatic heterocycles. The number of fused-ring (bicyclic) bond motifs is 1. The van der Waals surface area contributed by atoms with Gasteiger partial charge in [-0.1, -0.05) is 12.1 Å². The number of aliphatic hydroxyl groups excluding tert-OH is 1. The molecular weight excluding hydrogens is 427 g/mol. The van der Waals surface area contributed by atoms with Gasteiger partial charge in [0.25, 0.3) is 12.2 Å². The van der Waals surface area contributed by atoms with Gasteiger partial charge in [-0.3, -0.25) is 4.79 Å². The van der Waals surface area contributed by atoms with E-state index in [1.807, 2.05) is 0 Å². The van der Waals surface area contributed by atoms with Crippen molar-refractivity contribution in [3.05, 3.63) is 78.0 Å². The van der Waals surface area contributed by atoms with Gasteiger partial charge in [-0.05, 0) is 36.4 Å². The summed E-state index contributed by atoms with van der Waals surface area (Å²) in [5.41, 5.74) is 1.85. The molecule has 1 atom stereocenters. The fraction of sp³-hybridized carbons (Fsp3) is 0.208. The lowest BCUT2D eigenvalue weighted by molar-refractivity contribution is -0.646. The molecule has 0 radical (unpaired) electrons. The van der Waals surface area contributed by atoms with Crippen LogP contribution in [0.2, 0.25) is 0 Å². The molecule has 1 unspecified atom stereocenters. The third-order valence-electron chi connectivity index (χ3n) is 5.31. The number of amides is 1. The first-order valence-corrected chi connectivity index (χ1v) is 10.2. The van der Waals surface area contributed by atoms with Crippen molar-refractivity contribution in [2.75, 3.05) is 20.8 Å². The Balaban J connectivity index is 1.52. The highest BCUT2D eigenvalue weighted by Gasteiger charge is 2.21. The lowest BCUT2D eigenvalue weighted by atomic mass is 10.1. The van der Waals surface area contributed by atoms with E-state index >= 15 is 0 Å². The predicted octanol–water partition coefficient (Wildman–Crippen LogP) is 2.47. The number of hydrogen-bond donors (Lipinski definition) is 2. The first-order chi connectivity index (χ1) is 15.9. The normalized spacial score (nSPS) is 11.9. The maximum atomic E-state index is 14.2. The molecule has 0 aliphatic rings. The molecule has 2 N–H and O–H groups in total. The van der Waals surface area contributed by atoms with E-state index in [9.17, 15) is 14.3 Å². The summed E-state index contributed by atoms with van der Waals surface area (Å²) in [6.45, 7) is -0.0432. The fourth-order valence-corrected chi connectivity index (χ4v) is 3.66. The quantitative estimate of drug-likeness (QED) is 0.422. The van der Waals surface area contributed by atoms with Gasteiger partial charge in [0.1, 0.15) is 6.10 Å². The molecule has 33 heavy (non-hydrogen) atoms. The molecule has 9 heteroatoms. The van der Waals surface area contributed by atoms with Gasteiger partial charge in [-0.25, -0.2) is 13.9 Å². The van der Waals surface area contributed by atoms with E-state index in [-0.39, 0.29) is 18.3 Å². The lowest BCUT2D eigenvalue weighted by Gasteiger charge is -2.13. The van der Waals surface area contributed by atoms with Gasteiger partial charge in [0.15, 0.2) is 22.8 Å². The number of aryl methyl sites for hydroxylation is 1. The van der Waals surface area contributed by atoms with Gasteiger partial charge in [0.2, 0.25) is 11.3 Å². The Morgan fingerprint density at radius 1 is 1.15 bits per heavy atom. The highest BCUT2D eigenvalue weighted by atomic mass is 19.1. The largest absolute Gasteiger partial charge is 0.493 e. The molecular formula is C24H24FN4O4+. The number of imidazole rings is 1. The van der Waals surface area contributed by atoms with Crippen molar-refractivity contribution in [1.29, 1.82) is 0 Å². The molecule has 2 heterocycles. The molecule has 0 fully saturated rings. The number of para-hydroxylation sites is 1. The highest BCUT2D eigenvalue weighted by molar-refractivity contribution is 5.94. The van der Waals surface area contributed by atoms with E-state index in [1.165, 1.54) is 20.3 Å². The van der Waals surface area contributed by atoms with Crippen LogP contribution in [0.3, 0.4) is 0 Å². The number of aromatic nitrogens is 3. The summed E-state index contributed by atoms with van der Waals surface area (Å²) in [5, 5.41) is 13.3. The molecule has 2 aromatic carbocycles. The van der Waals surface area contributed by atoms with Crippen LogP contribution in [-0.4, -0.2) is 41.3 Å². The summed E-state index contributed by atoms with van der Waals surface area (Å²) in [4.78, 5) is 17.1. The zero-order valence-corrected chi connectivity index (χ0v) is 18.4. The summed E-state index contributed by atoms with van der Waals surface area (Å²) >= 11 is 0. The minimum Gasteiger partial charge on any atom is -0.493 e. The number of benzene rings is 2. The molecule has 0 spiro atoms. The monoisotopic (exact) mass is 451 g/mol. The molecule has 4 aromatic rings. The van der Waals surface area contributed by atoms with Crippen LogP contribution in [0.25, 0.3) is 16.9 Å². The number of halogens is 1. The highest BCUT2D eigenvalue weighted by Crippen LogP contribution is 2.27. The Morgan fingerprint density at radius 2 is 1.91 bits per heavy atom. The summed E-state index contributed by atoms with van der Waals surface area (Å²) in [6.07, 6.45) is 0.687. The van der Waals surface area contributed by atoms with E-state index in [4.69, 9.17) is 9.47 Å². The number of carbonyl (C=O) groups is 1. The van der Waals surface area contributed by atoms with Gasteiger partial charge in [-0.15, -0.1) is 0 Å². The maximum Gasteiger partial charge on any atom is 0.251 e. The van der Waals surface area contributed by atoms with Gasteiger partial charge in [0, 0.05) is 18.2 Å². The van der Waals surface area contributed by atoms with Crippen LogP contribution < -0.4 is 19.4 Å². The zero-order chi connectivity index (χ0) is 23.5. The summed E-state index contributed by atoms with van der Waals surface area (Å²) in [6, 6.07) is 14.8. The Morgan fingerprint density at radius 3 is 2.67 bits per heavy atom. The molecule has 1 amide bonds. The van der Waals surface area contributed by atoms with Crippen molar-refractivity contribution in [1.82, 2.24) is 14.9 Å². The standard InChI is InChI=1S/C24H23FN4O4/c1-28-14-29(18-8-4-6-16(25)23(18)28)22-9-5-7-17(27-22)19(30)13-26-24(31)15-10-11-20(32-2)21(12-15)33-3/h4-12,14,19,30H,13H2,1-3H3/p+1. The second-order valence-corrected chi connectivity index (χ2v) is 7.42. The third-order valence-corrected chi connectivity index (χ3v) is 5.31.